The van der Waals surface area contributed by atoms with Crippen LogP contribution < -0.4 is 10.6 Å². The van der Waals surface area contributed by atoms with Crippen molar-refractivity contribution in [3.8, 4) is 0 Å². The number of amides is 1. The van der Waals surface area contributed by atoms with Crippen LogP contribution in [0.4, 0.5) is 5.69 Å². The number of anilines is 1. The minimum atomic E-state index is -0.143. The van der Waals surface area contributed by atoms with E-state index >= 15 is 0 Å². The Morgan fingerprint density at radius 1 is 1.25 bits per heavy atom. The Balaban J connectivity index is 1.91. The lowest BCUT2D eigenvalue weighted by molar-refractivity contribution is 0.0949. The summed E-state index contributed by atoms with van der Waals surface area (Å²) in [5, 5.41) is 5.89. The Kier molecular flexibility index (Phi) is 4.71. The maximum atomic E-state index is 12.0. The molecule has 0 fully saturated rings. The van der Waals surface area contributed by atoms with Crippen molar-refractivity contribution >= 4 is 11.6 Å². The molecule has 0 saturated heterocycles. The highest BCUT2D eigenvalue weighted by atomic mass is 16.1. The zero-order valence-electron chi connectivity index (χ0n) is 11.8. The molecule has 104 valence electrons. The van der Waals surface area contributed by atoms with Gasteiger partial charge in [0.1, 0.15) is 5.69 Å². The number of aromatic nitrogens is 1. The Morgan fingerprint density at radius 3 is 2.80 bits per heavy atom. The predicted octanol–water partition coefficient (Wildman–Crippen LogP) is 2.40. The Hall–Kier alpha value is -2.36. The van der Waals surface area contributed by atoms with Gasteiger partial charge in [-0.25, -0.2) is 0 Å². The van der Waals surface area contributed by atoms with Crippen molar-refractivity contribution in [3.63, 3.8) is 0 Å². The van der Waals surface area contributed by atoms with E-state index in [2.05, 4.69) is 34.7 Å². The second kappa shape index (κ2) is 6.70. The summed E-state index contributed by atoms with van der Waals surface area (Å²) in [5.74, 6) is -0.143. The van der Waals surface area contributed by atoms with Crippen LogP contribution in [0.25, 0.3) is 0 Å². The average Bonchev–Trinajstić information content (AvgIpc) is 2.49. The normalized spacial score (nSPS) is 10.1. The summed E-state index contributed by atoms with van der Waals surface area (Å²) in [6, 6.07) is 11.8. The summed E-state index contributed by atoms with van der Waals surface area (Å²) in [7, 11) is 1.81. The van der Waals surface area contributed by atoms with E-state index in [9.17, 15) is 4.79 Å². The molecule has 0 saturated carbocycles. The van der Waals surface area contributed by atoms with Crippen molar-refractivity contribution < 1.29 is 4.79 Å². The molecule has 4 nitrogen and oxygen atoms in total. The van der Waals surface area contributed by atoms with Gasteiger partial charge in [0, 0.05) is 25.5 Å². The van der Waals surface area contributed by atoms with E-state index in [0.717, 1.165) is 12.1 Å². The molecule has 1 amide bonds. The van der Waals surface area contributed by atoms with Gasteiger partial charge in [0.15, 0.2) is 0 Å². The Bertz CT molecular complexity index is 596. The molecule has 0 atom stereocenters. The van der Waals surface area contributed by atoms with E-state index in [0.29, 0.717) is 12.2 Å². The SMILES string of the molecule is CNc1ccnc(C(=O)NCCc2ccccc2C)c1. The van der Waals surface area contributed by atoms with Crippen molar-refractivity contribution in [3.05, 3.63) is 59.4 Å². The van der Waals surface area contributed by atoms with Crippen molar-refractivity contribution in [1.29, 1.82) is 0 Å². The van der Waals surface area contributed by atoms with Crippen LogP contribution in [-0.4, -0.2) is 24.5 Å². The van der Waals surface area contributed by atoms with Gasteiger partial charge >= 0.3 is 0 Å². The van der Waals surface area contributed by atoms with Gasteiger partial charge in [-0.1, -0.05) is 24.3 Å². The molecule has 4 heteroatoms. The lowest BCUT2D eigenvalue weighted by Crippen LogP contribution is -2.26. The smallest absolute Gasteiger partial charge is 0.269 e. The second-order valence-electron chi connectivity index (χ2n) is 4.61. The first kappa shape index (κ1) is 14.1. The molecule has 0 aliphatic carbocycles. The number of hydrogen-bond acceptors (Lipinski definition) is 3. The molecule has 0 aliphatic heterocycles. The van der Waals surface area contributed by atoms with Gasteiger partial charge in [-0.15, -0.1) is 0 Å². The number of pyridine rings is 1. The number of nitrogens with zero attached hydrogens (tertiary/aromatic N) is 1. The molecule has 2 aromatic rings. The van der Waals surface area contributed by atoms with Crippen molar-refractivity contribution in [2.24, 2.45) is 0 Å². The van der Waals surface area contributed by atoms with Gasteiger partial charge in [0.05, 0.1) is 0 Å². The molecule has 0 spiro atoms. The third-order valence-corrected chi connectivity index (χ3v) is 3.22. The third-order valence-electron chi connectivity index (χ3n) is 3.22. The van der Waals surface area contributed by atoms with E-state index in [1.165, 1.54) is 11.1 Å². The number of carbonyl (C=O) groups is 1. The van der Waals surface area contributed by atoms with Crippen LogP contribution in [-0.2, 0) is 6.42 Å². The first-order valence-electron chi connectivity index (χ1n) is 6.67. The molecule has 0 bridgehead atoms. The van der Waals surface area contributed by atoms with Crippen LogP contribution in [0.15, 0.2) is 42.6 Å². The van der Waals surface area contributed by atoms with Crippen LogP contribution in [0.3, 0.4) is 0 Å². The Labute approximate surface area is 119 Å². The fourth-order valence-electron chi connectivity index (χ4n) is 2.00. The number of hydrogen-bond donors (Lipinski definition) is 2. The minimum absolute atomic E-state index is 0.143. The van der Waals surface area contributed by atoms with Gasteiger partial charge < -0.3 is 10.6 Å². The second-order valence-corrected chi connectivity index (χ2v) is 4.61. The van der Waals surface area contributed by atoms with E-state index in [-0.39, 0.29) is 5.91 Å². The lowest BCUT2D eigenvalue weighted by atomic mass is 10.1. The maximum absolute atomic E-state index is 12.0. The topological polar surface area (TPSA) is 54.0 Å². The largest absolute Gasteiger partial charge is 0.388 e. The first-order chi connectivity index (χ1) is 9.70. The molecule has 1 aromatic carbocycles. The highest BCUT2D eigenvalue weighted by Crippen LogP contribution is 2.08. The summed E-state index contributed by atoms with van der Waals surface area (Å²) in [6.45, 7) is 2.68. The van der Waals surface area contributed by atoms with Gasteiger partial charge in [-0.2, -0.15) is 0 Å². The number of aryl methyl sites for hydroxylation is 1. The molecule has 2 rings (SSSR count). The first-order valence-corrected chi connectivity index (χ1v) is 6.67. The molecule has 1 aromatic heterocycles. The summed E-state index contributed by atoms with van der Waals surface area (Å²) in [5.41, 5.74) is 3.81. The van der Waals surface area contributed by atoms with Gasteiger partial charge in [-0.05, 0) is 36.6 Å². The quantitative estimate of drug-likeness (QED) is 0.876. The minimum Gasteiger partial charge on any atom is -0.388 e. The summed E-state index contributed by atoms with van der Waals surface area (Å²) >= 11 is 0. The predicted molar refractivity (Wildman–Crippen MR) is 81.0 cm³/mol. The molecule has 0 aliphatic rings. The third kappa shape index (κ3) is 3.57. The van der Waals surface area contributed by atoms with Crippen LogP contribution in [0, 0.1) is 6.92 Å². The zero-order chi connectivity index (χ0) is 14.4. The maximum Gasteiger partial charge on any atom is 0.269 e. The summed E-state index contributed by atoms with van der Waals surface area (Å²) < 4.78 is 0. The van der Waals surface area contributed by atoms with Gasteiger partial charge in [0.25, 0.3) is 5.91 Å². The average molecular weight is 269 g/mol. The highest BCUT2D eigenvalue weighted by molar-refractivity contribution is 5.93. The summed E-state index contributed by atoms with van der Waals surface area (Å²) in [4.78, 5) is 16.1. The molecule has 0 unspecified atom stereocenters. The van der Waals surface area contributed by atoms with Crippen LogP contribution in [0.1, 0.15) is 21.6 Å². The highest BCUT2D eigenvalue weighted by Gasteiger charge is 2.07. The molecular weight excluding hydrogens is 250 g/mol. The van der Waals surface area contributed by atoms with E-state index in [4.69, 9.17) is 0 Å². The Morgan fingerprint density at radius 2 is 2.05 bits per heavy atom. The molecule has 1 heterocycles. The van der Waals surface area contributed by atoms with Gasteiger partial charge in [-0.3, -0.25) is 9.78 Å². The standard InChI is InChI=1S/C16H19N3O/c1-12-5-3-4-6-13(12)7-9-19-16(20)15-11-14(17-2)8-10-18-15/h3-6,8,10-11H,7,9H2,1-2H3,(H,17,18)(H,19,20). The number of nitrogens with one attached hydrogen (secondary N) is 2. The fourth-order valence-corrected chi connectivity index (χ4v) is 2.00. The zero-order valence-corrected chi connectivity index (χ0v) is 11.8. The van der Waals surface area contributed by atoms with Crippen molar-refractivity contribution in [2.75, 3.05) is 18.9 Å². The molecule has 2 N–H and O–H groups in total. The molecule has 0 radical (unpaired) electrons. The number of rotatable bonds is 5. The number of carbonyl (C=O) groups excluding carboxylic acids is 1. The number of benzene rings is 1. The van der Waals surface area contributed by atoms with Crippen LogP contribution >= 0.6 is 0 Å². The molecular formula is C16H19N3O. The van der Waals surface area contributed by atoms with E-state index < -0.39 is 0 Å². The monoisotopic (exact) mass is 269 g/mol. The lowest BCUT2D eigenvalue weighted by Gasteiger charge is -2.08. The van der Waals surface area contributed by atoms with Crippen molar-refractivity contribution in [2.45, 2.75) is 13.3 Å². The van der Waals surface area contributed by atoms with Crippen LogP contribution in [0.2, 0.25) is 0 Å². The van der Waals surface area contributed by atoms with Crippen LogP contribution in [0.5, 0.6) is 0 Å². The van der Waals surface area contributed by atoms with E-state index in [1.807, 2.05) is 25.2 Å². The fraction of sp³-hybridized carbons (Fsp3) is 0.250. The van der Waals surface area contributed by atoms with E-state index in [1.54, 1.807) is 12.3 Å². The molecule has 20 heavy (non-hydrogen) atoms. The van der Waals surface area contributed by atoms with Crippen molar-refractivity contribution in [1.82, 2.24) is 10.3 Å². The summed E-state index contributed by atoms with van der Waals surface area (Å²) in [6.07, 6.45) is 2.45. The van der Waals surface area contributed by atoms with Gasteiger partial charge in [0.2, 0.25) is 0 Å².